The minimum Gasteiger partial charge on any atom is -0.490 e. The van der Waals surface area contributed by atoms with Crippen molar-refractivity contribution in [2.24, 2.45) is 13.0 Å². The summed E-state index contributed by atoms with van der Waals surface area (Å²) in [4.78, 5) is 27.8. The number of aldehydes is 1. The third-order valence-corrected chi connectivity index (χ3v) is 8.51. The summed E-state index contributed by atoms with van der Waals surface area (Å²) >= 11 is 1.47. The van der Waals surface area contributed by atoms with Crippen LogP contribution in [-0.4, -0.2) is 72.3 Å². The van der Waals surface area contributed by atoms with Crippen LogP contribution in [0.4, 0.5) is 14.6 Å². The van der Waals surface area contributed by atoms with Gasteiger partial charge in [0.25, 0.3) is 0 Å². The molecule has 45 heavy (non-hydrogen) atoms. The van der Waals surface area contributed by atoms with Crippen molar-refractivity contribution in [1.29, 1.82) is 0 Å². The number of hydrogen-bond donors (Lipinski definition) is 1. The van der Waals surface area contributed by atoms with Gasteiger partial charge in [0.2, 0.25) is 5.91 Å². The van der Waals surface area contributed by atoms with Crippen LogP contribution < -0.4 is 10.1 Å². The van der Waals surface area contributed by atoms with Crippen LogP contribution in [0.1, 0.15) is 6.42 Å². The minimum absolute atomic E-state index is 0.0406. The molecule has 1 aliphatic heterocycles. The molecule has 1 aliphatic rings. The van der Waals surface area contributed by atoms with Crippen LogP contribution in [-0.2, 0) is 21.4 Å². The Morgan fingerprint density at radius 3 is 2.73 bits per heavy atom. The number of anilines is 1. The number of fused-ring (bicyclic) bond motifs is 2. The fraction of sp³-hybridized carbons (Fsp3) is 0.273. The first-order chi connectivity index (χ1) is 21.8. The van der Waals surface area contributed by atoms with Gasteiger partial charge in [-0.15, -0.1) is 11.3 Å². The number of benzene rings is 2. The molecule has 0 aliphatic carbocycles. The van der Waals surface area contributed by atoms with E-state index in [1.807, 2.05) is 47.6 Å². The number of likely N-dealkylation sites (tertiary alicyclic amines) is 1. The Morgan fingerprint density at radius 1 is 1.20 bits per heavy atom. The highest BCUT2D eigenvalue weighted by molar-refractivity contribution is 7.18. The lowest BCUT2D eigenvalue weighted by Crippen LogP contribution is -2.26. The predicted octanol–water partition coefficient (Wildman–Crippen LogP) is 6.08. The molecule has 0 spiro atoms. The quantitative estimate of drug-likeness (QED) is 0.119. The fourth-order valence-electron chi connectivity index (χ4n) is 5.34. The molecule has 0 radical (unpaired) electrons. The van der Waals surface area contributed by atoms with Gasteiger partial charge in [-0.2, -0.15) is 5.10 Å². The number of ether oxygens (including phenoxy) is 2. The minimum atomic E-state index is -0.718. The van der Waals surface area contributed by atoms with Crippen LogP contribution in [0, 0.1) is 17.6 Å². The first-order valence-corrected chi connectivity index (χ1v) is 15.2. The van der Waals surface area contributed by atoms with E-state index in [1.165, 1.54) is 30.6 Å². The molecule has 234 valence electrons. The number of methoxy groups -OCH3 is 1. The fourth-order valence-corrected chi connectivity index (χ4v) is 6.29. The monoisotopic (exact) mass is 633 g/mol. The van der Waals surface area contributed by atoms with E-state index in [-0.39, 0.29) is 29.7 Å². The number of thiophene rings is 1. The molecule has 1 fully saturated rings. The Kier molecular flexibility index (Phi) is 9.84. The Morgan fingerprint density at radius 2 is 2.02 bits per heavy atom. The molecule has 6 rings (SSSR count). The van der Waals surface area contributed by atoms with Crippen molar-refractivity contribution in [3.63, 3.8) is 0 Å². The Labute approximate surface area is 263 Å². The summed E-state index contributed by atoms with van der Waals surface area (Å²) in [6.45, 7) is 5.08. The molecule has 1 atom stereocenters. The summed E-state index contributed by atoms with van der Waals surface area (Å²) < 4.78 is 42.7. The summed E-state index contributed by atoms with van der Waals surface area (Å²) in [7, 11) is 5.16. The third kappa shape index (κ3) is 6.57. The summed E-state index contributed by atoms with van der Waals surface area (Å²) in [6, 6.07) is 10.1. The van der Waals surface area contributed by atoms with Crippen molar-refractivity contribution < 1.29 is 27.8 Å². The van der Waals surface area contributed by atoms with Gasteiger partial charge in [0, 0.05) is 78.9 Å². The van der Waals surface area contributed by atoms with Crippen LogP contribution in [0.15, 0.2) is 60.6 Å². The van der Waals surface area contributed by atoms with Crippen molar-refractivity contribution >= 4 is 50.3 Å². The van der Waals surface area contributed by atoms with Crippen LogP contribution >= 0.6 is 11.3 Å². The van der Waals surface area contributed by atoms with Crippen LogP contribution in [0.3, 0.4) is 0 Å². The molecule has 2 aromatic carbocycles. The van der Waals surface area contributed by atoms with E-state index in [9.17, 15) is 14.0 Å². The van der Waals surface area contributed by atoms with E-state index in [4.69, 9.17) is 14.5 Å². The topological polar surface area (TPSA) is 98.6 Å². The van der Waals surface area contributed by atoms with E-state index >= 15 is 4.39 Å². The van der Waals surface area contributed by atoms with Gasteiger partial charge in [-0.05, 0) is 36.1 Å². The van der Waals surface area contributed by atoms with E-state index in [1.54, 1.807) is 11.9 Å². The van der Waals surface area contributed by atoms with Gasteiger partial charge in [-0.1, -0.05) is 12.6 Å². The van der Waals surface area contributed by atoms with Gasteiger partial charge in [0.15, 0.2) is 0 Å². The van der Waals surface area contributed by atoms with Gasteiger partial charge >= 0.3 is 0 Å². The first kappa shape index (κ1) is 31.7. The second-order valence-electron chi connectivity index (χ2n) is 10.4. The zero-order valence-corrected chi connectivity index (χ0v) is 26.0. The molecule has 4 heterocycles. The van der Waals surface area contributed by atoms with Crippen LogP contribution in [0.5, 0.6) is 5.75 Å². The number of hydrogen-bond acceptors (Lipinski definition) is 8. The molecule has 5 aromatic rings. The number of aryl methyl sites for hydroxylation is 1. The molecule has 1 unspecified atom stereocenters. The van der Waals surface area contributed by atoms with Gasteiger partial charge < -0.3 is 24.5 Å². The number of halogens is 2. The number of carbonyl (C=O) groups excluding carboxylic acids is 2. The van der Waals surface area contributed by atoms with Crippen LogP contribution in [0.25, 0.3) is 43.4 Å². The lowest BCUT2D eigenvalue weighted by Gasteiger charge is -2.17. The molecular formula is C33H33F2N5O4S. The highest BCUT2D eigenvalue weighted by Gasteiger charge is 2.25. The average Bonchev–Trinajstić information content (AvgIpc) is 3.81. The summed E-state index contributed by atoms with van der Waals surface area (Å²) in [6.07, 6.45) is 4.81. The molecule has 12 heteroatoms. The molecular weight excluding hydrogens is 600 g/mol. The molecule has 0 bridgehead atoms. The van der Waals surface area contributed by atoms with E-state index < -0.39 is 11.6 Å². The summed E-state index contributed by atoms with van der Waals surface area (Å²) in [5.74, 6) is -0.889. The number of pyridine rings is 1. The standard InChI is InChI=1S/C25H22F2N4O2S.C8H11NO2/c1-28-25-22(21-18(27)11-16(26)12-20(21)33-8-7-32-3)24-17(6-9-34-24)23(30-25)14-4-5-19-15(10-14)13-29-31(19)2;1-2-8(11)9-4-3-7(5-9)6-10/h4-6,9-13H,7-8H2,1-3H3,(H,28,30);2,6-7H,1,3-5H2. The maximum Gasteiger partial charge on any atom is 0.245 e. The third-order valence-electron chi connectivity index (χ3n) is 7.58. The Bertz CT molecular complexity index is 1870. The molecule has 1 saturated heterocycles. The number of aromatic nitrogens is 3. The van der Waals surface area contributed by atoms with Gasteiger partial charge in [-0.3, -0.25) is 9.48 Å². The van der Waals surface area contributed by atoms with E-state index in [2.05, 4.69) is 17.0 Å². The van der Waals surface area contributed by atoms with Crippen LogP contribution in [0.2, 0.25) is 0 Å². The van der Waals surface area contributed by atoms with E-state index in [0.717, 1.165) is 51.0 Å². The highest BCUT2D eigenvalue weighted by Crippen LogP contribution is 2.46. The number of nitrogens with zero attached hydrogens (tertiary/aromatic N) is 4. The summed E-state index contributed by atoms with van der Waals surface area (Å²) in [5, 5.41) is 11.2. The normalized spacial score (nSPS) is 14.3. The number of rotatable bonds is 9. The molecule has 9 nitrogen and oxygen atoms in total. The number of nitrogens with one attached hydrogen (secondary N) is 1. The Hall–Kier alpha value is -4.68. The molecule has 1 N–H and O–H groups in total. The summed E-state index contributed by atoms with van der Waals surface area (Å²) in [5.41, 5.74) is 3.39. The predicted molar refractivity (Wildman–Crippen MR) is 173 cm³/mol. The van der Waals surface area contributed by atoms with Gasteiger partial charge in [0.1, 0.15) is 36.1 Å². The lowest BCUT2D eigenvalue weighted by atomic mass is 9.99. The van der Waals surface area contributed by atoms with Gasteiger partial charge in [-0.25, -0.2) is 13.8 Å². The molecule has 1 amide bonds. The maximum absolute atomic E-state index is 15.2. The molecule has 3 aromatic heterocycles. The van der Waals surface area contributed by atoms with Gasteiger partial charge in [0.05, 0.1) is 29.6 Å². The highest BCUT2D eigenvalue weighted by atomic mass is 32.1. The van der Waals surface area contributed by atoms with E-state index in [0.29, 0.717) is 31.1 Å². The maximum atomic E-state index is 15.2. The van der Waals surface area contributed by atoms with Crippen molar-refractivity contribution in [2.45, 2.75) is 6.42 Å². The Balaban J connectivity index is 0.000000309. The largest absolute Gasteiger partial charge is 0.490 e. The number of amides is 1. The first-order valence-electron chi connectivity index (χ1n) is 14.3. The number of carbonyl (C=O) groups is 2. The second kappa shape index (κ2) is 14.0. The van der Waals surface area contributed by atoms with Crippen molar-refractivity contribution in [2.75, 3.05) is 45.8 Å². The van der Waals surface area contributed by atoms with Crippen molar-refractivity contribution in [1.82, 2.24) is 19.7 Å². The second-order valence-corrected chi connectivity index (χ2v) is 11.3. The zero-order chi connectivity index (χ0) is 32.1. The smallest absolute Gasteiger partial charge is 0.245 e. The average molecular weight is 634 g/mol. The zero-order valence-electron chi connectivity index (χ0n) is 25.2. The molecule has 0 saturated carbocycles. The van der Waals surface area contributed by atoms with Crippen molar-refractivity contribution in [3.8, 4) is 28.1 Å². The SMILES string of the molecule is C=CC(=O)N1CCC(C=O)C1.CNc1nc(-c2ccc3c(cnn3C)c2)c2ccsc2c1-c1c(F)cc(F)cc1OCCOC. The lowest BCUT2D eigenvalue weighted by molar-refractivity contribution is -0.125. The van der Waals surface area contributed by atoms with Crippen molar-refractivity contribution in [3.05, 3.63) is 72.3 Å².